The molecule has 0 saturated heterocycles. The predicted molar refractivity (Wildman–Crippen MR) is 111 cm³/mol. The van der Waals surface area contributed by atoms with Crippen molar-refractivity contribution in [3.05, 3.63) is 21.8 Å². The lowest BCUT2D eigenvalue weighted by Crippen LogP contribution is -2.24. The fourth-order valence-electron chi connectivity index (χ4n) is 3.35. The lowest BCUT2D eigenvalue weighted by atomic mass is 9.88. The zero-order chi connectivity index (χ0) is 22.9. The van der Waals surface area contributed by atoms with Gasteiger partial charge in [0.2, 0.25) is 11.7 Å². The number of hydrogen-bond acceptors (Lipinski definition) is 7. The van der Waals surface area contributed by atoms with Crippen LogP contribution in [0.4, 0.5) is 18.2 Å². The van der Waals surface area contributed by atoms with Crippen LogP contribution in [0, 0.1) is 5.92 Å². The molecule has 170 valence electrons. The number of halogens is 3. The molecule has 0 bridgehead atoms. The Morgan fingerprint density at radius 2 is 2.10 bits per heavy atom. The number of carbonyl (C=O) groups is 2. The van der Waals surface area contributed by atoms with E-state index in [0.29, 0.717) is 16.5 Å². The number of carbonyl (C=O) groups excluding carboxylic acids is 2. The summed E-state index contributed by atoms with van der Waals surface area (Å²) in [5.74, 6) is -1.57. The maximum absolute atomic E-state index is 12.9. The molecule has 1 aliphatic rings. The largest absolute Gasteiger partial charge is 0.462 e. The molecule has 2 atom stereocenters. The normalized spacial score (nSPS) is 17.2. The molecule has 2 aromatic heterocycles. The number of thioether (sulfide) groups is 1. The van der Waals surface area contributed by atoms with Gasteiger partial charge in [-0.25, -0.2) is 4.79 Å². The summed E-state index contributed by atoms with van der Waals surface area (Å²) in [6.07, 6.45) is -2.12. The van der Waals surface area contributed by atoms with Gasteiger partial charge in [0.05, 0.1) is 17.4 Å². The summed E-state index contributed by atoms with van der Waals surface area (Å²) in [6.45, 7) is 5.63. The van der Waals surface area contributed by atoms with Crippen LogP contribution < -0.4 is 5.32 Å². The number of ether oxygens (including phenoxy) is 1. The van der Waals surface area contributed by atoms with Crippen LogP contribution in [0.5, 0.6) is 0 Å². The van der Waals surface area contributed by atoms with Gasteiger partial charge in [-0.1, -0.05) is 18.7 Å². The Labute approximate surface area is 185 Å². The molecular weight excluding hydrogens is 453 g/mol. The lowest BCUT2D eigenvalue weighted by Gasteiger charge is -2.18. The summed E-state index contributed by atoms with van der Waals surface area (Å²) >= 11 is 2.22. The minimum Gasteiger partial charge on any atom is -0.462 e. The van der Waals surface area contributed by atoms with E-state index in [1.54, 1.807) is 13.8 Å². The number of alkyl halides is 3. The molecule has 31 heavy (non-hydrogen) atoms. The van der Waals surface area contributed by atoms with Crippen molar-refractivity contribution in [1.82, 2.24) is 14.8 Å². The minimum absolute atomic E-state index is 0.0279. The molecule has 3 rings (SSSR count). The smallest absolute Gasteiger partial charge is 0.451 e. The van der Waals surface area contributed by atoms with Gasteiger partial charge in [-0.15, -0.1) is 21.5 Å². The summed E-state index contributed by atoms with van der Waals surface area (Å²) in [5, 5.41) is 9.12. The van der Waals surface area contributed by atoms with Crippen LogP contribution in [0.2, 0.25) is 0 Å². The first-order valence-corrected chi connectivity index (χ1v) is 11.5. The quantitative estimate of drug-likeness (QED) is 0.494. The summed E-state index contributed by atoms with van der Waals surface area (Å²) in [4.78, 5) is 26.4. The van der Waals surface area contributed by atoms with Gasteiger partial charge in [-0.05, 0) is 44.6 Å². The molecule has 2 heterocycles. The van der Waals surface area contributed by atoms with Gasteiger partial charge in [0.25, 0.3) is 0 Å². The fraction of sp³-hybridized carbons (Fsp3) is 0.579. The van der Waals surface area contributed by atoms with Crippen LogP contribution in [0.25, 0.3) is 0 Å². The third kappa shape index (κ3) is 5.05. The topological polar surface area (TPSA) is 86.1 Å². The predicted octanol–water partition coefficient (Wildman–Crippen LogP) is 4.32. The van der Waals surface area contributed by atoms with Crippen LogP contribution in [-0.4, -0.2) is 38.5 Å². The number of rotatable bonds is 6. The Balaban J connectivity index is 1.80. The second kappa shape index (κ2) is 9.19. The fourth-order valence-corrected chi connectivity index (χ4v) is 5.56. The highest BCUT2D eigenvalue weighted by Crippen LogP contribution is 2.40. The van der Waals surface area contributed by atoms with Gasteiger partial charge in [-0.2, -0.15) is 13.2 Å². The van der Waals surface area contributed by atoms with E-state index in [1.807, 2.05) is 0 Å². The van der Waals surface area contributed by atoms with Crippen LogP contribution in [0.3, 0.4) is 0 Å². The van der Waals surface area contributed by atoms with E-state index < -0.39 is 29.1 Å². The molecule has 7 nitrogen and oxygen atoms in total. The number of anilines is 1. The number of fused-ring (bicyclic) bond motifs is 1. The number of thiophene rings is 1. The Bertz CT molecular complexity index is 987. The van der Waals surface area contributed by atoms with E-state index in [4.69, 9.17) is 4.74 Å². The molecule has 1 N–H and O–H groups in total. The molecule has 12 heteroatoms. The standard InChI is InChI=1S/C19H23F3N4O3S2/c1-5-29-16(28)13-11-7-6-9(2)8-12(11)31-15(13)23-14(27)10(3)30-18-25-24-17(26(18)4)19(20,21)22/h9-10H,5-8H2,1-4H3,(H,23,27)/t9-,10+/m1/s1. The highest BCUT2D eigenvalue weighted by Gasteiger charge is 2.38. The zero-order valence-corrected chi connectivity index (χ0v) is 19.1. The molecule has 0 aliphatic heterocycles. The van der Waals surface area contributed by atoms with Crippen LogP contribution in [-0.2, 0) is 35.6 Å². The number of nitrogens with zero attached hydrogens (tertiary/aromatic N) is 3. The first kappa shape index (κ1) is 23.6. The average molecular weight is 477 g/mol. The molecule has 0 saturated carbocycles. The van der Waals surface area contributed by atoms with Crippen molar-refractivity contribution >= 4 is 40.0 Å². The molecule has 0 unspecified atom stereocenters. The van der Waals surface area contributed by atoms with Crippen LogP contribution in [0.15, 0.2) is 5.16 Å². The summed E-state index contributed by atoms with van der Waals surface area (Å²) in [5.41, 5.74) is 1.30. The molecule has 0 aromatic carbocycles. The van der Waals surface area contributed by atoms with Gasteiger partial charge in [0, 0.05) is 11.9 Å². The number of aromatic nitrogens is 3. The van der Waals surface area contributed by atoms with Crippen molar-refractivity contribution in [1.29, 1.82) is 0 Å². The van der Waals surface area contributed by atoms with Gasteiger partial charge in [0.1, 0.15) is 5.00 Å². The highest BCUT2D eigenvalue weighted by atomic mass is 32.2. The maximum Gasteiger partial charge on any atom is 0.451 e. The van der Waals surface area contributed by atoms with Crippen LogP contribution >= 0.6 is 23.1 Å². The first-order chi connectivity index (χ1) is 14.5. The van der Waals surface area contributed by atoms with Crippen LogP contribution in [0.1, 0.15) is 53.8 Å². The van der Waals surface area contributed by atoms with E-state index in [0.717, 1.165) is 46.0 Å². The second-order valence-electron chi connectivity index (χ2n) is 7.39. The Hall–Kier alpha value is -2.08. The summed E-state index contributed by atoms with van der Waals surface area (Å²) in [6, 6.07) is 0. The third-order valence-corrected chi connectivity index (χ3v) is 7.27. The minimum atomic E-state index is -4.63. The molecule has 2 aromatic rings. The SMILES string of the molecule is CCOC(=O)c1c(NC(=O)[C@H](C)Sc2nnc(C(F)(F)F)n2C)sc2c1CC[C@@H](C)C2. The Kier molecular flexibility index (Phi) is 6.99. The van der Waals surface area contributed by atoms with Crippen molar-refractivity contribution < 1.29 is 27.5 Å². The van der Waals surface area contributed by atoms with Crippen molar-refractivity contribution in [2.24, 2.45) is 13.0 Å². The molecular formula is C19H23F3N4O3S2. The van der Waals surface area contributed by atoms with Crippen molar-refractivity contribution in [2.75, 3.05) is 11.9 Å². The molecule has 0 spiro atoms. The van der Waals surface area contributed by atoms with E-state index >= 15 is 0 Å². The van der Waals surface area contributed by atoms with Gasteiger partial charge in [0.15, 0.2) is 5.16 Å². The molecule has 1 amide bonds. The number of hydrogen-bond donors (Lipinski definition) is 1. The van der Waals surface area contributed by atoms with Gasteiger partial charge in [-0.3, -0.25) is 4.79 Å². The Morgan fingerprint density at radius 3 is 2.71 bits per heavy atom. The molecule has 1 aliphatic carbocycles. The van der Waals surface area contributed by atoms with Crippen molar-refractivity contribution in [2.45, 2.75) is 56.6 Å². The van der Waals surface area contributed by atoms with Gasteiger partial charge >= 0.3 is 12.1 Å². The summed E-state index contributed by atoms with van der Waals surface area (Å²) < 4.78 is 44.7. The number of esters is 1. The number of nitrogens with one attached hydrogen (secondary N) is 1. The monoisotopic (exact) mass is 476 g/mol. The number of amides is 1. The lowest BCUT2D eigenvalue weighted by molar-refractivity contribution is -0.147. The van der Waals surface area contributed by atoms with E-state index in [2.05, 4.69) is 22.4 Å². The first-order valence-electron chi connectivity index (χ1n) is 9.78. The van der Waals surface area contributed by atoms with E-state index in [-0.39, 0.29) is 11.8 Å². The highest BCUT2D eigenvalue weighted by molar-refractivity contribution is 8.00. The maximum atomic E-state index is 12.9. The zero-order valence-electron chi connectivity index (χ0n) is 17.5. The van der Waals surface area contributed by atoms with Crippen molar-refractivity contribution in [3.8, 4) is 0 Å². The van der Waals surface area contributed by atoms with Gasteiger partial charge < -0.3 is 14.6 Å². The average Bonchev–Trinajstić information content (AvgIpc) is 3.21. The Morgan fingerprint density at radius 1 is 1.39 bits per heavy atom. The van der Waals surface area contributed by atoms with E-state index in [9.17, 15) is 22.8 Å². The molecule has 0 radical (unpaired) electrons. The second-order valence-corrected chi connectivity index (χ2v) is 9.80. The summed E-state index contributed by atoms with van der Waals surface area (Å²) in [7, 11) is 1.20. The van der Waals surface area contributed by atoms with E-state index in [1.165, 1.54) is 18.4 Å². The molecule has 0 fully saturated rings. The third-order valence-electron chi connectivity index (χ3n) is 4.97. The van der Waals surface area contributed by atoms with Crippen molar-refractivity contribution in [3.63, 3.8) is 0 Å².